The van der Waals surface area contributed by atoms with Gasteiger partial charge >= 0.3 is 6.09 Å². The molecule has 2 rings (SSSR count). The number of hydrogen-bond donors (Lipinski definition) is 3. The Labute approximate surface area is 240 Å². The third-order valence-corrected chi connectivity index (χ3v) is 6.42. The van der Waals surface area contributed by atoms with Crippen molar-refractivity contribution in [1.82, 2.24) is 5.32 Å². The lowest BCUT2D eigenvalue weighted by atomic mass is 9.85. The van der Waals surface area contributed by atoms with Crippen LogP contribution in [0, 0.1) is 11.8 Å². The summed E-state index contributed by atoms with van der Waals surface area (Å²) in [6.45, 7) is -1.51. The molecule has 0 radical (unpaired) electrons. The Hall–Kier alpha value is -3.54. The van der Waals surface area contributed by atoms with Crippen molar-refractivity contribution >= 4 is 23.6 Å². The molecule has 2 amide bonds. The second-order valence-electron chi connectivity index (χ2n) is 9.33. The van der Waals surface area contributed by atoms with Gasteiger partial charge in [-0.2, -0.15) is 0 Å². The van der Waals surface area contributed by atoms with Gasteiger partial charge in [-0.05, 0) is 38.1 Å². The standard InChI is InChI=1S/C29H40N2O9/c1-15-11-19-25(34)20(14-21(32)27(19)39-7)31-28(35)16(2)9-8-10-22(37-5)26(40-29(30)36)18(4)13-17(3)24(33)23(12-15)38-6/h8-10,13-15,17,22-24,26,33H,11-12H2,1-7H3,(H2,30,36)(H,31,35)/b10-8-,16-9+,18-13+/t15-,17+,22+,23+,24-,26+/m1/s1/i1T,2T,3T,4T. The van der Waals surface area contributed by atoms with Crippen LogP contribution in [-0.2, 0) is 33.3 Å². The fraction of sp³-hybridized carbons (Fsp3) is 0.517. The van der Waals surface area contributed by atoms with Crippen LogP contribution >= 0.6 is 0 Å². The maximum absolute atomic E-state index is 13.5. The molecule has 2 bridgehead atoms. The van der Waals surface area contributed by atoms with Gasteiger partial charge in [0, 0.05) is 42.8 Å². The SMILES string of the molecule is [3H]C/C1=C\C=C/[C@H](OC)[C@@H](OC(N)=O)/C(C[3H])=C/[C@H](C[3H])[C@@H](O)[C@@H](OC)C[C@H](C[3H])CC2=C(OC)C(=O)C=C(NC1=O)C2=O. The van der Waals surface area contributed by atoms with Gasteiger partial charge in [-0.15, -0.1) is 0 Å². The minimum atomic E-state index is -1.32. The fourth-order valence-electron chi connectivity index (χ4n) is 4.34. The molecule has 2 aliphatic rings. The van der Waals surface area contributed by atoms with Gasteiger partial charge in [-0.25, -0.2) is 4.79 Å². The van der Waals surface area contributed by atoms with Crippen molar-refractivity contribution < 1.29 is 48.7 Å². The van der Waals surface area contributed by atoms with Crippen molar-refractivity contribution in [3.8, 4) is 0 Å². The van der Waals surface area contributed by atoms with Crippen molar-refractivity contribution in [2.24, 2.45) is 17.6 Å². The van der Waals surface area contributed by atoms with Crippen LogP contribution in [0.3, 0.4) is 0 Å². The summed E-state index contributed by atoms with van der Waals surface area (Å²) in [5.74, 6) is -3.97. The number of ketones is 2. The van der Waals surface area contributed by atoms with Crippen LogP contribution in [0.4, 0.5) is 4.79 Å². The third-order valence-electron chi connectivity index (χ3n) is 6.42. The van der Waals surface area contributed by atoms with Gasteiger partial charge in [-0.1, -0.05) is 38.1 Å². The van der Waals surface area contributed by atoms with Gasteiger partial charge in [0.1, 0.15) is 6.10 Å². The van der Waals surface area contributed by atoms with Gasteiger partial charge in [0.05, 0.1) is 25.0 Å². The molecule has 1 heterocycles. The Kier molecular flexibility index (Phi) is 9.82. The molecule has 0 aromatic carbocycles. The Balaban J connectivity index is 2.75. The summed E-state index contributed by atoms with van der Waals surface area (Å²) < 4.78 is 53.7. The first-order chi connectivity index (χ1) is 21.0. The molecule has 0 aromatic heterocycles. The summed E-state index contributed by atoms with van der Waals surface area (Å²) in [6, 6.07) is 0. The average molecular weight is 569 g/mol. The maximum atomic E-state index is 13.5. The van der Waals surface area contributed by atoms with E-state index >= 15 is 0 Å². The van der Waals surface area contributed by atoms with E-state index in [0.717, 1.165) is 6.08 Å². The largest absolute Gasteiger partial charge is 0.492 e. The normalized spacial score (nSPS) is 34.0. The van der Waals surface area contributed by atoms with Gasteiger partial charge in [0.25, 0.3) is 5.91 Å². The summed E-state index contributed by atoms with van der Waals surface area (Å²) in [5, 5.41) is 13.7. The Bertz CT molecular complexity index is 1230. The van der Waals surface area contributed by atoms with Crippen molar-refractivity contribution in [2.45, 2.75) is 64.9 Å². The number of fused-ring (bicyclic) bond motifs is 2. The average Bonchev–Trinajstić information content (AvgIpc) is 3.00. The summed E-state index contributed by atoms with van der Waals surface area (Å²) >= 11 is 0. The fourth-order valence-corrected chi connectivity index (χ4v) is 4.34. The highest BCUT2D eigenvalue weighted by molar-refractivity contribution is 6.23. The number of primary amides is 1. The molecule has 0 unspecified atom stereocenters. The molecule has 0 saturated heterocycles. The van der Waals surface area contributed by atoms with Crippen molar-refractivity contribution in [3.05, 3.63) is 58.6 Å². The van der Waals surface area contributed by atoms with E-state index in [1.165, 1.54) is 45.6 Å². The first-order valence-electron chi connectivity index (χ1n) is 15.2. The van der Waals surface area contributed by atoms with E-state index < -0.39 is 73.6 Å². The number of nitrogens with one attached hydrogen (secondary N) is 1. The predicted molar refractivity (Wildman–Crippen MR) is 147 cm³/mol. The van der Waals surface area contributed by atoms with Crippen LogP contribution in [0.5, 0.6) is 0 Å². The lowest BCUT2D eigenvalue weighted by molar-refractivity contribution is -0.120. The first-order valence-corrected chi connectivity index (χ1v) is 12.3. The van der Waals surface area contributed by atoms with E-state index in [0.29, 0.717) is 0 Å². The molecular weight excluding hydrogens is 520 g/mol. The van der Waals surface area contributed by atoms with Crippen LogP contribution in [0.25, 0.3) is 0 Å². The van der Waals surface area contributed by atoms with Gasteiger partial charge in [0.2, 0.25) is 11.6 Å². The minimum absolute atomic E-state index is 0.0332. The zero-order valence-corrected chi connectivity index (χ0v) is 22.9. The van der Waals surface area contributed by atoms with Gasteiger partial charge < -0.3 is 35.1 Å². The Morgan fingerprint density at radius 3 is 2.50 bits per heavy atom. The molecule has 0 spiro atoms. The van der Waals surface area contributed by atoms with Crippen LogP contribution in [0.1, 0.15) is 45.9 Å². The summed E-state index contributed by atoms with van der Waals surface area (Å²) in [5.41, 5.74) is 5.00. The Morgan fingerprint density at radius 2 is 1.93 bits per heavy atom. The van der Waals surface area contributed by atoms with E-state index in [4.69, 9.17) is 30.2 Å². The number of Topliss-reactive ketones (excluding diaryl/α,β-unsaturated/α-hetero) is 1. The number of aliphatic hydroxyl groups is 1. The molecule has 6 atom stereocenters. The molecule has 1 aliphatic carbocycles. The number of aliphatic hydroxyl groups excluding tert-OH is 1. The highest BCUT2D eigenvalue weighted by Crippen LogP contribution is 2.29. The summed E-state index contributed by atoms with van der Waals surface area (Å²) in [7, 11) is 3.87. The van der Waals surface area contributed by atoms with E-state index in [1.807, 2.05) is 0 Å². The Morgan fingerprint density at radius 1 is 1.15 bits per heavy atom. The number of methoxy groups -OCH3 is 3. The van der Waals surface area contributed by atoms with Crippen LogP contribution in [0.2, 0.25) is 0 Å². The highest BCUT2D eigenvalue weighted by atomic mass is 16.6. The summed E-state index contributed by atoms with van der Waals surface area (Å²) in [4.78, 5) is 51.1. The van der Waals surface area contributed by atoms with Gasteiger partial charge in [-0.3, -0.25) is 14.4 Å². The first kappa shape index (κ1) is 26.7. The number of carbonyl (C=O) groups is 4. The quantitative estimate of drug-likeness (QED) is 0.341. The second-order valence-corrected chi connectivity index (χ2v) is 9.33. The van der Waals surface area contributed by atoms with Crippen molar-refractivity contribution in [2.75, 3.05) is 21.3 Å². The number of nitrogens with two attached hydrogens (primary N) is 1. The minimum Gasteiger partial charge on any atom is -0.492 e. The smallest absolute Gasteiger partial charge is 0.405 e. The molecule has 4 N–H and O–H groups in total. The van der Waals surface area contributed by atoms with E-state index in [-0.39, 0.29) is 54.8 Å². The lowest BCUT2D eigenvalue weighted by Gasteiger charge is -2.29. The molecule has 0 saturated carbocycles. The van der Waals surface area contributed by atoms with Crippen molar-refractivity contribution in [3.63, 3.8) is 0 Å². The molecule has 0 fully saturated rings. The van der Waals surface area contributed by atoms with E-state index in [2.05, 4.69) is 5.32 Å². The molecule has 0 aromatic rings. The number of allylic oxidation sites excluding steroid dienone is 4. The zero-order chi connectivity index (χ0) is 33.0. The zero-order valence-electron chi connectivity index (χ0n) is 26.9. The van der Waals surface area contributed by atoms with Gasteiger partial charge in [0.15, 0.2) is 11.9 Å². The number of carbonyl (C=O) groups excluding carboxylic acids is 4. The van der Waals surface area contributed by atoms with Crippen LogP contribution in [-0.4, -0.2) is 74.4 Å². The molecule has 40 heavy (non-hydrogen) atoms. The lowest BCUT2D eigenvalue weighted by Crippen LogP contribution is -2.37. The maximum Gasteiger partial charge on any atom is 0.405 e. The monoisotopic (exact) mass is 568 g/mol. The summed E-state index contributed by atoms with van der Waals surface area (Å²) in [6.07, 6.45) is 0.592. The highest BCUT2D eigenvalue weighted by Gasteiger charge is 2.34. The number of ether oxygens (including phenoxy) is 4. The number of hydrogen-bond acceptors (Lipinski definition) is 9. The number of rotatable bonds is 4. The predicted octanol–water partition coefficient (Wildman–Crippen LogP) is 2.41. The molecule has 220 valence electrons. The van der Waals surface area contributed by atoms with Crippen LogP contribution < -0.4 is 11.1 Å². The van der Waals surface area contributed by atoms with Crippen molar-refractivity contribution in [1.29, 1.82) is 0 Å². The second kappa shape index (κ2) is 14.7. The molecule has 11 heteroatoms. The van der Waals surface area contributed by atoms with Crippen LogP contribution in [0.15, 0.2) is 58.6 Å². The molecular formula is C29H40N2O9. The molecule has 11 nitrogen and oxygen atoms in total. The van der Waals surface area contributed by atoms with E-state index in [1.54, 1.807) is 0 Å². The molecule has 1 aliphatic heterocycles. The van der Waals surface area contributed by atoms with E-state index in [9.17, 15) is 24.3 Å². The number of amides is 2. The third kappa shape index (κ3) is 8.23. The topological polar surface area (TPSA) is 163 Å².